The molecule has 1 atom stereocenters. The molecule has 108 valence electrons. The summed E-state index contributed by atoms with van der Waals surface area (Å²) in [7, 11) is 0. The number of carbonyl (C=O) groups excluding carboxylic acids is 2. The minimum atomic E-state index is -0.712. The molecule has 19 heavy (non-hydrogen) atoms. The van der Waals surface area contributed by atoms with Gasteiger partial charge >= 0.3 is 0 Å². The largest absolute Gasteiger partial charge is 0.342 e. The van der Waals surface area contributed by atoms with Crippen LogP contribution in [0.5, 0.6) is 0 Å². The maximum absolute atomic E-state index is 12.7. The van der Waals surface area contributed by atoms with E-state index >= 15 is 0 Å². The van der Waals surface area contributed by atoms with Crippen LogP contribution >= 0.6 is 0 Å². The number of nitrogens with one attached hydrogen (secondary N) is 1. The van der Waals surface area contributed by atoms with Gasteiger partial charge in [-0.1, -0.05) is 13.8 Å². The average molecular weight is 266 g/mol. The first-order valence-corrected chi connectivity index (χ1v) is 7.58. The van der Waals surface area contributed by atoms with Gasteiger partial charge < -0.3 is 10.2 Å². The average Bonchev–Trinajstić information content (AvgIpc) is 2.50. The van der Waals surface area contributed by atoms with Crippen LogP contribution in [0.1, 0.15) is 59.3 Å². The van der Waals surface area contributed by atoms with E-state index in [0.29, 0.717) is 25.4 Å². The number of carbonyl (C=O) groups is 2. The third-order valence-corrected chi connectivity index (χ3v) is 4.86. The van der Waals surface area contributed by atoms with E-state index in [1.54, 1.807) is 0 Å². The quantitative estimate of drug-likeness (QED) is 0.832. The summed E-state index contributed by atoms with van der Waals surface area (Å²) in [5.41, 5.74) is -0.712. The van der Waals surface area contributed by atoms with E-state index in [4.69, 9.17) is 0 Å². The van der Waals surface area contributed by atoms with E-state index in [-0.39, 0.29) is 11.8 Å². The third-order valence-electron chi connectivity index (χ3n) is 4.86. The van der Waals surface area contributed by atoms with E-state index in [9.17, 15) is 9.59 Å². The Labute approximate surface area is 115 Å². The summed E-state index contributed by atoms with van der Waals surface area (Å²) in [6.07, 6.45) is 5.64. The van der Waals surface area contributed by atoms with Crippen LogP contribution < -0.4 is 5.32 Å². The predicted molar refractivity (Wildman–Crippen MR) is 74.6 cm³/mol. The lowest BCUT2D eigenvalue weighted by molar-refractivity contribution is -0.141. The van der Waals surface area contributed by atoms with Crippen molar-refractivity contribution in [2.24, 2.45) is 5.92 Å². The number of hydrogen-bond acceptors (Lipinski definition) is 2. The van der Waals surface area contributed by atoms with Crippen molar-refractivity contribution in [3.05, 3.63) is 0 Å². The zero-order valence-electron chi connectivity index (χ0n) is 12.4. The summed E-state index contributed by atoms with van der Waals surface area (Å²) in [6.45, 7) is 6.68. The second-order valence-electron chi connectivity index (χ2n) is 6.40. The van der Waals surface area contributed by atoms with Crippen LogP contribution in [0.25, 0.3) is 0 Å². The maximum atomic E-state index is 12.7. The second-order valence-corrected chi connectivity index (χ2v) is 6.40. The first-order valence-electron chi connectivity index (χ1n) is 7.58. The number of hydrogen-bond donors (Lipinski definition) is 1. The van der Waals surface area contributed by atoms with Gasteiger partial charge in [-0.3, -0.25) is 9.59 Å². The normalized spacial score (nSPS) is 36.9. The summed E-state index contributed by atoms with van der Waals surface area (Å²) in [5.74, 6) is 0.889. The summed E-state index contributed by atoms with van der Waals surface area (Å²) in [5, 5.41) is 2.90. The lowest BCUT2D eigenvalue weighted by atomic mass is 9.85. The van der Waals surface area contributed by atoms with Crippen molar-refractivity contribution >= 4 is 11.8 Å². The van der Waals surface area contributed by atoms with Gasteiger partial charge in [0, 0.05) is 19.0 Å². The van der Waals surface area contributed by atoms with E-state index in [0.717, 1.165) is 18.8 Å². The molecule has 1 N–H and O–H groups in total. The van der Waals surface area contributed by atoms with Crippen LogP contribution in [0.3, 0.4) is 0 Å². The van der Waals surface area contributed by atoms with E-state index in [1.165, 1.54) is 12.8 Å². The topological polar surface area (TPSA) is 49.4 Å². The smallest absolute Gasteiger partial charge is 0.248 e. The van der Waals surface area contributed by atoms with Gasteiger partial charge in [0.1, 0.15) is 5.54 Å². The Morgan fingerprint density at radius 1 is 1.26 bits per heavy atom. The van der Waals surface area contributed by atoms with Crippen molar-refractivity contribution in [2.75, 3.05) is 6.54 Å². The molecule has 0 radical (unpaired) electrons. The Balaban J connectivity index is 2.15. The molecule has 1 heterocycles. The number of rotatable bonds is 2. The molecular formula is C15H26N2O2. The molecule has 1 aliphatic carbocycles. The molecular weight excluding hydrogens is 240 g/mol. The van der Waals surface area contributed by atoms with Crippen molar-refractivity contribution < 1.29 is 9.59 Å². The molecule has 4 nitrogen and oxygen atoms in total. The summed E-state index contributed by atoms with van der Waals surface area (Å²) < 4.78 is 0. The van der Waals surface area contributed by atoms with Gasteiger partial charge in [-0.05, 0) is 44.9 Å². The number of amides is 2. The highest BCUT2D eigenvalue weighted by molar-refractivity contribution is 5.93. The minimum Gasteiger partial charge on any atom is -0.342 e. The Hall–Kier alpha value is -1.06. The predicted octanol–water partition coefficient (Wildman–Crippen LogP) is 2.08. The molecule has 1 saturated carbocycles. The fourth-order valence-electron chi connectivity index (χ4n) is 3.21. The van der Waals surface area contributed by atoms with Gasteiger partial charge in [-0.2, -0.15) is 0 Å². The molecule has 1 saturated heterocycles. The molecule has 0 spiro atoms. The van der Waals surface area contributed by atoms with Crippen LogP contribution in [-0.4, -0.2) is 34.8 Å². The maximum Gasteiger partial charge on any atom is 0.248 e. The molecule has 2 fully saturated rings. The van der Waals surface area contributed by atoms with Crippen LogP contribution in [0.2, 0.25) is 0 Å². The van der Waals surface area contributed by atoms with Gasteiger partial charge in [0.05, 0.1) is 0 Å². The molecule has 2 rings (SSSR count). The molecule has 1 aliphatic heterocycles. The van der Waals surface area contributed by atoms with E-state index in [2.05, 4.69) is 12.2 Å². The van der Waals surface area contributed by atoms with Crippen LogP contribution in [-0.2, 0) is 9.59 Å². The van der Waals surface area contributed by atoms with E-state index < -0.39 is 5.54 Å². The lowest BCUT2D eigenvalue weighted by Gasteiger charge is -2.39. The lowest BCUT2D eigenvalue weighted by Crippen LogP contribution is -2.57. The van der Waals surface area contributed by atoms with Crippen LogP contribution in [0.15, 0.2) is 0 Å². The standard InChI is InChI=1S/C15H26N2O2/c1-4-15(3)14(19)17(10-9-13(18)16-15)12-7-5-11(2)6-8-12/h11-12H,4-10H2,1-3H3,(H,16,18). The van der Waals surface area contributed by atoms with Gasteiger partial charge in [-0.15, -0.1) is 0 Å². The fourth-order valence-corrected chi connectivity index (χ4v) is 3.21. The monoisotopic (exact) mass is 266 g/mol. The molecule has 2 aliphatic rings. The van der Waals surface area contributed by atoms with Crippen LogP contribution in [0.4, 0.5) is 0 Å². The SMILES string of the molecule is CCC1(C)NC(=O)CCN(C2CCC(C)CC2)C1=O. The zero-order chi connectivity index (χ0) is 14.0. The van der Waals surface area contributed by atoms with Gasteiger partial charge in [0.15, 0.2) is 0 Å². The highest BCUT2D eigenvalue weighted by atomic mass is 16.2. The summed E-state index contributed by atoms with van der Waals surface area (Å²) in [4.78, 5) is 26.5. The zero-order valence-corrected chi connectivity index (χ0v) is 12.4. The van der Waals surface area contributed by atoms with Gasteiger partial charge in [0.25, 0.3) is 0 Å². The molecule has 1 unspecified atom stereocenters. The Kier molecular flexibility index (Phi) is 4.16. The van der Waals surface area contributed by atoms with Crippen LogP contribution in [0, 0.1) is 5.92 Å². The third kappa shape index (κ3) is 2.93. The first-order chi connectivity index (χ1) is 8.96. The molecule has 0 bridgehead atoms. The Morgan fingerprint density at radius 3 is 2.47 bits per heavy atom. The highest BCUT2D eigenvalue weighted by Gasteiger charge is 2.41. The number of nitrogens with zero attached hydrogens (tertiary/aromatic N) is 1. The van der Waals surface area contributed by atoms with Gasteiger partial charge in [-0.25, -0.2) is 0 Å². The molecule has 2 amide bonds. The summed E-state index contributed by atoms with van der Waals surface area (Å²) in [6, 6.07) is 0.335. The Bertz CT molecular complexity index is 361. The van der Waals surface area contributed by atoms with Crippen molar-refractivity contribution in [1.29, 1.82) is 0 Å². The van der Waals surface area contributed by atoms with Gasteiger partial charge in [0.2, 0.25) is 11.8 Å². The first kappa shape index (κ1) is 14.4. The van der Waals surface area contributed by atoms with Crippen molar-refractivity contribution in [2.45, 2.75) is 70.9 Å². The summed E-state index contributed by atoms with van der Waals surface area (Å²) >= 11 is 0. The molecule has 4 heteroatoms. The highest BCUT2D eigenvalue weighted by Crippen LogP contribution is 2.30. The Morgan fingerprint density at radius 2 is 1.89 bits per heavy atom. The fraction of sp³-hybridized carbons (Fsp3) is 0.867. The van der Waals surface area contributed by atoms with Crippen molar-refractivity contribution in [3.63, 3.8) is 0 Å². The van der Waals surface area contributed by atoms with Crippen molar-refractivity contribution in [1.82, 2.24) is 10.2 Å². The molecule has 0 aromatic heterocycles. The van der Waals surface area contributed by atoms with E-state index in [1.807, 2.05) is 18.7 Å². The van der Waals surface area contributed by atoms with Crippen molar-refractivity contribution in [3.8, 4) is 0 Å². The molecule has 0 aromatic rings. The second kappa shape index (κ2) is 5.51. The minimum absolute atomic E-state index is 0.00405. The molecule has 0 aromatic carbocycles.